The number of nitrogens with one attached hydrogen (secondary N) is 2. The molecule has 1 saturated heterocycles. The van der Waals surface area contributed by atoms with Gasteiger partial charge in [0.15, 0.2) is 0 Å². The van der Waals surface area contributed by atoms with E-state index in [0.29, 0.717) is 18.2 Å². The van der Waals surface area contributed by atoms with Crippen LogP contribution in [0.3, 0.4) is 0 Å². The number of rotatable bonds is 4. The van der Waals surface area contributed by atoms with Crippen molar-refractivity contribution in [2.75, 3.05) is 23.3 Å². The molecule has 2 heterocycles. The van der Waals surface area contributed by atoms with Crippen molar-refractivity contribution in [2.24, 2.45) is 5.14 Å². The smallest absolute Gasteiger partial charge is 0.319 e. The summed E-state index contributed by atoms with van der Waals surface area (Å²) in [6.07, 6.45) is 5.12. The van der Waals surface area contributed by atoms with Gasteiger partial charge in [-0.25, -0.2) is 28.3 Å². The van der Waals surface area contributed by atoms with E-state index in [-0.39, 0.29) is 10.9 Å². The third kappa shape index (κ3) is 4.67. The highest BCUT2D eigenvalue weighted by atomic mass is 32.2. The van der Waals surface area contributed by atoms with Gasteiger partial charge in [0.25, 0.3) is 0 Å². The standard InChI is InChI=1S/C16H20N6O3S/c17-26(24,25)14-6-1-4-12(10-14)20-16(23)21-13-5-2-9-22(11-13)15-18-7-3-8-19-15/h1,3-4,6-8,10,13H,2,5,9,11H2,(H2,17,24,25)(H2,20,21,23)/t13-/m1/s1. The first-order valence-electron chi connectivity index (χ1n) is 8.14. The Bertz CT molecular complexity index is 875. The van der Waals surface area contributed by atoms with Gasteiger partial charge in [-0.15, -0.1) is 0 Å². The quantitative estimate of drug-likeness (QED) is 0.727. The van der Waals surface area contributed by atoms with E-state index in [1.807, 2.05) is 4.90 Å². The number of anilines is 2. The highest BCUT2D eigenvalue weighted by Crippen LogP contribution is 2.16. The van der Waals surface area contributed by atoms with Crippen molar-refractivity contribution < 1.29 is 13.2 Å². The van der Waals surface area contributed by atoms with Crippen LogP contribution in [0.4, 0.5) is 16.4 Å². The highest BCUT2D eigenvalue weighted by molar-refractivity contribution is 7.89. The Balaban J connectivity index is 1.60. The van der Waals surface area contributed by atoms with Crippen LogP contribution in [0.2, 0.25) is 0 Å². The van der Waals surface area contributed by atoms with Crippen molar-refractivity contribution in [3.63, 3.8) is 0 Å². The predicted molar refractivity (Wildman–Crippen MR) is 97.2 cm³/mol. The lowest BCUT2D eigenvalue weighted by Gasteiger charge is -2.33. The van der Waals surface area contributed by atoms with Crippen LogP contribution in [-0.2, 0) is 10.0 Å². The fraction of sp³-hybridized carbons (Fsp3) is 0.312. The molecule has 0 unspecified atom stereocenters. The molecule has 2 aromatic rings. The second-order valence-electron chi connectivity index (χ2n) is 6.01. The molecule has 3 rings (SSSR count). The predicted octanol–water partition coefficient (Wildman–Crippen LogP) is 0.914. The maximum absolute atomic E-state index is 12.2. The van der Waals surface area contributed by atoms with E-state index in [9.17, 15) is 13.2 Å². The summed E-state index contributed by atoms with van der Waals surface area (Å²) in [6.45, 7) is 1.44. The number of primary sulfonamides is 1. The summed E-state index contributed by atoms with van der Waals surface area (Å²) in [5, 5.41) is 10.6. The summed E-state index contributed by atoms with van der Waals surface area (Å²) in [6, 6.07) is 7.10. The van der Waals surface area contributed by atoms with Crippen LogP contribution >= 0.6 is 0 Å². The Morgan fingerprint density at radius 2 is 2.00 bits per heavy atom. The Kier molecular flexibility index (Phi) is 5.33. The van der Waals surface area contributed by atoms with Crippen LogP contribution < -0.4 is 20.7 Å². The molecule has 26 heavy (non-hydrogen) atoms. The molecule has 0 radical (unpaired) electrons. The minimum Gasteiger partial charge on any atom is -0.339 e. The molecular formula is C16H20N6O3S. The largest absolute Gasteiger partial charge is 0.339 e. The average Bonchev–Trinajstić information content (AvgIpc) is 2.62. The molecule has 0 bridgehead atoms. The average molecular weight is 376 g/mol. The number of carbonyl (C=O) groups is 1. The van der Waals surface area contributed by atoms with E-state index in [0.717, 1.165) is 19.4 Å². The van der Waals surface area contributed by atoms with E-state index < -0.39 is 16.1 Å². The van der Waals surface area contributed by atoms with Gasteiger partial charge in [0, 0.05) is 37.2 Å². The summed E-state index contributed by atoms with van der Waals surface area (Å²) in [5.74, 6) is 0.639. The Hall–Kier alpha value is -2.72. The van der Waals surface area contributed by atoms with Crippen LogP contribution in [0.1, 0.15) is 12.8 Å². The third-order valence-corrected chi connectivity index (χ3v) is 4.92. The second-order valence-corrected chi connectivity index (χ2v) is 7.57. The fourth-order valence-electron chi connectivity index (χ4n) is 2.83. The number of hydrogen-bond donors (Lipinski definition) is 3. The molecule has 0 saturated carbocycles. The van der Waals surface area contributed by atoms with Crippen molar-refractivity contribution in [1.82, 2.24) is 15.3 Å². The van der Waals surface area contributed by atoms with Crippen LogP contribution in [0.5, 0.6) is 0 Å². The zero-order valence-corrected chi connectivity index (χ0v) is 14.8. The van der Waals surface area contributed by atoms with Crippen LogP contribution in [0.25, 0.3) is 0 Å². The van der Waals surface area contributed by atoms with Gasteiger partial charge in [-0.1, -0.05) is 6.07 Å². The summed E-state index contributed by atoms with van der Waals surface area (Å²) >= 11 is 0. The van der Waals surface area contributed by atoms with Crippen molar-refractivity contribution in [3.05, 3.63) is 42.7 Å². The first kappa shape index (κ1) is 18.1. The van der Waals surface area contributed by atoms with Crippen molar-refractivity contribution in [1.29, 1.82) is 0 Å². The Morgan fingerprint density at radius 3 is 2.73 bits per heavy atom. The SMILES string of the molecule is NS(=O)(=O)c1cccc(NC(=O)N[C@@H]2CCCN(c3ncccn3)C2)c1. The molecule has 9 nitrogen and oxygen atoms in total. The first-order valence-corrected chi connectivity index (χ1v) is 9.69. The molecule has 0 aliphatic carbocycles. The fourth-order valence-corrected chi connectivity index (χ4v) is 3.39. The number of aromatic nitrogens is 2. The van der Waals surface area contributed by atoms with Gasteiger partial charge in [-0.2, -0.15) is 0 Å². The summed E-state index contributed by atoms with van der Waals surface area (Å²) in [4.78, 5) is 22.7. The van der Waals surface area contributed by atoms with Crippen molar-refractivity contribution in [3.8, 4) is 0 Å². The minimum absolute atomic E-state index is 0.0552. The number of nitrogens with zero attached hydrogens (tertiary/aromatic N) is 3. The molecule has 1 aliphatic heterocycles. The number of amides is 2. The minimum atomic E-state index is -3.82. The molecular weight excluding hydrogens is 356 g/mol. The van der Waals surface area contributed by atoms with Gasteiger partial charge in [0.2, 0.25) is 16.0 Å². The summed E-state index contributed by atoms with van der Waals surface area (Å²) < 4.78 is 22.8. The lowest BCUT2D eigenvalue weighted by molar-refractivity contribution is 0.246. The number of urea groups is 1. The number of piperidine rings is 1. The zero-order chi connectivity index (χ0) is 18.6. The topological polar surface area (TPSA) is 130 Å². The lowest BCUT2D eigenvalue weighted by atomic mass is 10.1. The second kappa shape index (κ2) is 7.67. The molecule has 10 heteroatoms. The van der Waals surface area contributed by atoms with E-state index in [4.69, 9.17) is 5.14 Å². The van der Waals surface area contributed by atoms with E-state index >= 15 is 0 Å². The molecule has 1 aromatic heterocycles. The van der Waals surface area contributed by atoms with Crippen LogP contribution in [0, 0.1) is 0 Å². The zero-order valence-electron chi connectivity index (χ0n) is 14.0. The molecule has 2 amide bonds. The third-order valence-electron chi connectivity index (χ3n) is 4.01. The molecule has 1 aromatic carbocycles. The van der Waals surface area contributed by atoms with Crippen LogP contribution in [-0.4, -0.2) is 43.5 Å². The van der Waals surface area contributed by atoms with E-state index in [1.54, 1.807) is 24.5 Å². The maximum Gasteiger partial charge on any atom is 0.319 e. The van der Waals surface area contributed by atoms with E-state index in [1.165, 1.54) is 18.2 Å². The van der Waals surface area contributed by atoms with Gasteiger partial charge >= 0.3 is 6.03 Å². The highest BCUT2D eigenvalue weighted by Gasteiger charge is 2.23. The number of benzene rings is 1. The van der Waals surface area contributed by atoms with Gasteiger partial charge in [-0.05, 0) is 37.1 Å². The van der Waals surface area contributed by atoms with Gasteiger partial charge < -0.3 is 15.5 Å². The molecule has 0 spiro atoms. The van der Waals surface area contributed by atoms with Crippen molar-refractivity contribution >= 4 is 27.7 Å². The molecule has 4 N–H and O–H groups in total. The number of hydrogen-bond acceptors (Lipinski definition) is 6. The van der Waals surface area contributed by atoms with Crippen molar-refractivity contribution in [2.45, 2.75) is 23.8 Å². The Labute approximate surface area is 151 Å². The summed E-state index contributed by atoms with van der Waals surface area (Å²) in [7, 11) is -3.82. The number of carbonyl (C=O) groups excluding carboxylic acids is 1. The molecule has 138 valence electrons. The van der Waals surface area contributed by atoms with Gasteiger partial charge in [0.1, 0.15) is 0 Å². The van der Waals surface area contributed by atoms with E-state index in [2.05, 4.69) is 20.6 Å². The van der Waals surface area contributed by atoms with Gasteiger partial charge in [0.05, 0.1) is 4.90 Å². The number of sulfonamides is 1. The lowest BCUT2D eigenvalue weighted by Crippen LogP contribution is -2.49. The van der Waals surface area contributed by atoms with Crippen LogP contribution in [0.15, 0.2) is 47.6 Å². The molecule has 1 atom stereocenters. The maximum atomic E-state index is 12.2. The number of nitrogens with two attached hydrogens (primary N) is 1. The van der Waals surface area contributed by atoms with Gasteiger partial charge in [-0.3, -0.25) is 0 Å². The Morgan fingerprint density at radius 1 is 1.23 bits per heavy atom. The summed E-state index contributed by atoms with van der Waals surface area (Å²) in [5.41, 5.74) is 0.355. The molecule has 1 aliphatic rings. The normalized spacial score (nSPS) is 17.6. The first-order chi connectivity index (χ1) is 12.4. The molecule has 1 fully saturated rings. The monoisotopic (exact) mass is 376 g/mol.